The van der Waals surface area contributed by atoms with Crippen LogP contribution in [0, 0.1) is 13.8 Å². The Morgan fingerprint density at radius 3 is 2.66 bits per heavy atom. The zero-order valence-corrected chi connectivity index (χ0v) is 18.0. The van der Waals surface area contributed by atoms with E-state index in [1.54, 1.807) is 12.4 Å². The van der Waals surface area contributed by atoms with Gasteiger partial charge in [0, 0.05) is 49.6 Å². The molecule has 1 unspecified atom stereocenters. The molecule has 1 atom stereocenters. The zero-order chi connectivity index (χ0) is 18.8. The molecule has 3 aromatic rings. The molecule has 1 aliphatic heterocycles. The number of nitrogens with one attached hydrogen (secondary N) is 1. The number of nitrogens with zero attached hydrogens (tertiary/aromatic N) is 4. The van der Waals surface area contributed by atoms with Gasteiger partial charge >= 0.3 is 0 Å². The van der Waals surface area contributed by atoms with Gasteiger partial charge < -0.3 is 14.8 Å². The minimum atomic E-state index is -0.0159. The second-order valence-corrected chi connectivity index (χ2v) is 6.81. The number of carbonyl (C=O) groups is 1. The van der Waals surface area contributed by atoms with Gasteiger partial charge in [0.15, 0.2) is 0 Å². The van der Waals surface area contributed by atoms with Crippen LogP contribution in [0.15, 0.2) is 55.0 Å². The topological polar surface area (TPSA) is 63.1 Å². The first-order valence-electron chi connectivity index (χ1n) is 9.19. The van der Waals surface area contributed by atoms with E-state index in [0.29, 0.717) is 6.54 Å². The first-order valence-corrected chi connectivity index (χ1v) is 9.19. The number of halogens is 2. The fourth-order valence-corrected chi connectivity index (χ4v) is 3.79. The lowest BCUT2D eigenvalue weighted by atomic mass is 10.0. The maximum absolute atomic E-state index is 13.4. The van der Waals surface area contributed by atoms with E-state index >= 15 is 0 Å². The summed E-state index contributed by atoms with van der Waals surface area (Å²) in [6, 6.07) is 11.7. The smallest absolute Gasteiger partial charge is 0.256 e. The van der Waals surface area contributed by atoms with Crippen LogP contribution in [0.4, 0.5) is 0 Å². The van der Waals surface area contributed by atoms with Gasteiger partial charge in [0.25, 0.3) is 5.91 Å². The van der Waals surface area contributed by atoms with E-state index in [9.17, 15) is 4.79 Å². The largest absolute Gasteiger partial charge is 0.329 e. The summed E-state index contributed by atoms with van der Waals surface area (Å²) in [5.74, 6) is 0.885. The Labute approximate surface area is 183 Å². The second kappa shape index (κ2) is 9.87. The lowest BCUT2D eigenvalue weighted by Gasteiger charge is -2.36. The summed E-state index contributed by atoms with van der Waals surface area (Å²) >= 11 is 0. The Morgan fingerprint density at radius 2 is 1.97 bits per heavy atom. The van der Waals surface area contributed by atoms with Crippen molar-refractivity contribution in [3.8, 4) is 5.82 Å². The molecule has 6 nitrogen and oxygen atoms in total. The molecule has 1 amide bonds. The fraction of sp³-hybridized carbons (Fsp3) is 0.286. The Hall–Kier alpha value is -2.41. The number of rotatable bonds is 3. The molecule has 1 N–H and O–H groups in total. The summed E-state index contributed by atoms with van der Waals surface area (Å²) in [6.45, 7) is 6.19. The maximum atomic E-state index is 13.4. The van der Waals surface area contributed by atoms with Gasteiger partial charge in [-0.25, -0.2) is 4.98 Å². The minimum absolute atomic E-state index is 0. The van der Waals surface area contributed by atoms with Crippen LogP contribution in [0.2, 0.25) is 0 Å². The molecule has 4 heterocycles. The lowest BCUT2D eigenvalue weighted by Crippen LogP contribution is -2.48. The van der Waals surface area contributed by atoms with E-state index in [1.165, 1.54) is 0 Å². The number of piperazine rings is 1. The Kier molecular flexibility index (Phi) is 7.79. The van der Waals surface area contributed by atoms with Crippen molar-refractivity contribution in [1.82, 2.24) is 24.8 Å². The highest BCUT2D eigenvalue weighted by Gasteiger charge is 2.30. The van der Waals surface area contributed by atoms with Crippen molar-refractivity contribution in [3.63, 3.8) is 0 Å². The molecule has 0 aliphatic carbocycles. The minimum Gasteiger partial charge on any atom is -0.329 e. The van der Waals surface area contributed by atoms with Crippen LogP contribution in [0.3, 0.4) is 0 Å². The highest BCUT2D eigenvalue weighted by Crippen LogP contribution is 2.27. The Bertz CT molecular complexity index is 946. The predicted octanol–water partition coefficient (Wildman–Crippen LogP) is 3.51. The van der Waals surface area contributed by atoms with Crippen LogP contribution in [-0.2, 0) is 0 Å². The summed E-state index contributed by atoms with van der Waals surface area (Å²) in [4.78, 5) is 24.1. The number of carbonyl (C=O) groups excluding carboxylic acids is 1. The first kappa shape index (κ1) is 22.9. The van der Waals surface area contributed by atoms with Crippen LogP contribution < -0.4 is 5.32 Å². The number of aryl methyl sites for hydroxylation is 1. The average Bonchev–Trinajstić information content (AvgIpc) is 3.03. The third-order valence-corrected chi connectivity index (χ3v) is 5.11. The van der Waals surface area contributed by atoms with E-state index < -0.39 is 0 Å². The van der Waals surface area contributed by atoms with Crippen molar-refractivity contribution in [2.45, 2.75) is 19.9 Å². The van der Waals surface area contributed by atoms with Gasteiger partial charge in [-0.1, -0.05) is 12.1 Å². The second-order valence-electron chi connectivity index (χ2n) is 6.81. The number of pyridine rings is 2. The number of hydrogen-bond acceptors (Lipinski definition) is 4. The first-order chi connectivity index (χ1) is 13.2. The third-order valence-electron chi connectivity index (χ3n) is 5.11. The summed E-state index contributed by atoms with van der Waals surface area (Å²) in [6.07, 6.45) is 5.37. The van der Waals surface area contributed by atoms with Gasteiger partial charge in [0.1, 0.15) is 5.82 Å². The molecule has 1 aliphatic rings. The predicted molar refractivity (Wildman–Crippen MR) is 118 cm³/mol. The van der Waals surface area contributed by atoms with Crippen LogP contribution in [0.1, 0.15) is 33.4 Å². The SMILES string of the molecule is Cc1cc(C(=O)N2CCNCC2c2cccnc2)c(C)n1-c1ccccn1.Cl.Cl. The van der Waals surface area contributed by atoms with Crippen molar-refractivity contribution in [1.29, 1.82) is 0 Å². The van der Waals surface area contributed by atoms with Crippen molar-refractivity contribution in [2.75, 3.05) is 19.6 Å². The van der Waals surface area contributed by atoms with Crippen molar-refractivity contribution < 1.29 is 4.79 Å². The van der Waals surface area contributed by atoms with E-state index in [4.69, 9.17) is 0 Å². The molecular weight excluding hydrogens is 409 g/mol. The molecule has 4 rings (SSSR count). The van der Waals surface area contributed by atoms with Gasteiger partial charge in [-0.15, -0.1) is 24.8 Å². The third kappa shape index (κ3) is 4.45. The molecular formula is C21H25Cl2N5O. The van der Waals surface area contributed by atoms with Crippen molar-refractivity contribution in [2.24, 2.45) is 0 Å². The molecule has 0 spiro atoms. The van der Waals surface area contributed by atoms with E-state index in [-0.39, 0.29) is 36.8 Å². The molecule has 154 valence electrons. The van der Waals surface area contributed by atoms with E-state index in [1.807, 2.05) is 65.9 Å². The molecule has 0 radical (unpaired) electrons. The lowest BCUT2D eigenvalue weighted by molar-refractivity contribution is 0.0633. The number of hydrogen-bond donors (Lipinski definition) is 1. The van der Waals surface area contributed by atoms with Crippen LogP contribution >= 0.6 is 24.8 Å². The summed E-state index contributed by atoms with van der Waals surface area (Å²) in [7, 11) is 0. The summed E-state index contributed by atoms with van der Waals surface area (Å²) in [5.41, 5.74) is 3.70. The Balaban J connectivity index is 0.00000150. The van der Waals surface area contributed by atoms with Gasteiger partial charge in [0.2, 0.25) is 0 Å². The zero-order valence-electron chi connectivity index (χ0n) is 16.4. The number of aromatic nitrogens is 3. The van der Waals surface area contributed by atoms with Crippen molar-refractivity contribution >= 4 is 30.7 Å². The van der Waals surface area contributed by atoms with Crippen LogP contribution in [-0.4, -0.2) is 45.0 Å². The normalized spacial score (nSPS) is 15.9. The monoisotopic (exact) mass is 433 g/mol. The molecule has 0 aromatic carbocycles. The van der Waals surface area contributed by atoms with Gasteiger partial charge in [0.05, 0.1) is 11.6 Å². The van der Waals surface area contributed by atoms with Gasteiger partial charge in [-0.2, -0.15) is 0 Å². The highest BCUT2D eigenvalue weighted by atomic mass is 35.5. The van der Waals surface area contributed by atoms with Crippen LogP contribution in [0.5, 0.6) is 0 Å². The Morgan fingerprint density at radius 1 is 1.14 bits per heavy atom. The fourth-order valence-electron chi connectivity index (χ4n) is 3.79. The molecule has 0 saturated carbocycles. The molecule has 1 saturated heterocycles. The molecule has 8 heteroatoms. The highest BCUT2D eigenvalue weighted by molar-refractivity contribution is 5.96. The maximum Gasteiger partial charge on any atom is 0.256 e. The molecule has 0 bridgehead atoms. The average molecular weight is 434 g/mol. The standard InChI is InChI=1S/C21H23N5O.2ClH/c1-15-12-18(16(2)26(15)20-7-3-4-9-24-20)21(27)25-11-10-23-14-19(25)17-6-5-8-22-13-17;;/h3-9,12-13,19,23H,10-11,14H2,1-2H3;2*1H. The number of amides is 1. The van der Waals surface area contributed by atoms with Gasteiger partial charge in [-0.3, -0.25) is 9.78 Å². The van der Waals surface area contributed by atoms with Crippen molar-refractivity contribution in [3.05, 3.63) is 77.5 Å². The summed E-state index contributed by atoms with van der Waals surface area (Å²) in [5, 5.41) is 3.39. The van der Waals surface area contributed by atoms with E-state index in [2.05, 4.69) is 15.3 Å². The summed E-state index contributed by atoms with van der Waals surface area (Å²) < 4.78 is 2.04. The quantitative estimate of drug-likeness (QED) is 0.686. The molecule has 29 heavy (non-hydrogen) atoms. The molecule has 1 fully saturated rings. The van der Waals surface area contributed by atoms with Gasteiger partial charge in [-0.05, 0) is 43.7 Å². The molecule has 3 aromatic heterocycles. The van der Waals surface area contributed by atoms with E-state index in [0.717, 1.165) is 41.4 Å². The van der Waals surface area contributed by atoms with Crippen LogP contribution in [0.25, 0.3) is 5.82 Å².